The molecule has 3 rings (SSSR count). The summed E-state index contributed by atoms with van der Waals surface area (Å²) in [6, 6.07) is 9.59. The predicted molar refractivity (Wildman–Crippen MR) is 98.7 cm³/mol. The highest BCUT2D eigenvalue weighted by molar-refractivity contribution is 7.10. The van der Waals surface area contributed by atoms with Gasteiger partial charge in [0.1, 0.15) is 6.10 Å². The molecule has 0 unspecified atom stereocenters. The van der Waals surface area contributed by atoms with Crippen molar-refractivity contribution in [1.82, 2.24) is 5.32 Å². The van der Waals surface area contributed by atoms with Crippen LogP contribution in [0.4, 0.5) is 5.69 Å². The lowest BCUT2D eigenvalue weighted by Gasteiger charge is -2.18. The van der Waals surface area contributed by atoms with Gasteiger partial charge in [-0.1, -0.05) is 12.1 Å². The molecule has 0 saturated carbocycles. The maximum absolute atomic E-state index is 12.4. The average Bonchev–Trinajstić information content (AvgIpc) is 3.24. The number of benzene rings is 1. The van der Waals surface area contributed by atoms with Crippen molar-refractivity contribution < 1.29 is 14.7 Å². The van der Waals surface area contributed by atoms with Gasteiger partial charge in [-0.3, -0.25) is 9.59 Å². The molecule has 2 amide bonds. The molecule has 1 aliphatic rings. The number of amides is 2. The second-order valence-corrected chi connectivity index (χ2v) is 7.43. The van der Waals surface area contributed by atoms with Crippen LogP contribution in [0, 0.1) is 19.8 Å². The van der Waals surface area contributed by atoms with Gasteiger partial charge < -0.3 is 15.3 Å². The number of aliphatic hydroxyl groups excluding tert-OH is 1. The molecule has 1 aliphatic heterocycles. The van der Waals surface area contributed by atoms with Crippen LogP contribution < -0.4 is 10.2 Å². The highest BCUT2D eigenvalue weighted by Gasteiger charge is 2.35. The van der Waals surface area contributed by atoms with Gasteiger partial charge in [0.25, 0.3) is 0 Å². The average molecular weight is 358 g/mol. The fourth-order valence-electron chi connectivity index (χ4n) is 2.95. The van der Waals surface area contributed by atoms with E-state index in [-0.39, 0.29) is 30.7 Å². The Balaban J connectivity index is 1.59. The van der Waals surface area contributed by atoms with Gasteiger partial charge in [-0.15, -0.1) is 11.3 Å². The molecule has 6 heteroatoms. The Hall–Kier alpha value is -2.18. The molecule has 25 heavy (non-hydrogen) atoms. The molecular weight excluding hydrogens is 336 g/mol. The summed E-state index contributed by atoms with van der Waals surface area (Å²) in [7, 11) is 0. The molecule has 1 aromatic carbocycles. The van der Waals surface area contributed by atoms with Crippen LogP contribution in [0.2, 0.25) is 0 Å². The zero-order chi connectivity index (χ0) is 18.0. The van der Waals surface area contributed by atoms with Crippen LogP contribution in [0.1, 0.15) is 28.5 Å². The molecule has 1 saturated heterocycles. The number of hydrogen-bond donors (Lipinski definition) is 2. The topological polar surface area (TPSA) is 69.6 Å². The van der Waals surface area contributed by atoms with Crippen molar-refractivity contribution in [3.8, 4) is 0 Å². The summed E-state index contributed by atoms with van der Waals surface area (Å²) in [6.07, 6.45) is -0.509. The zero-order valence-corrected chi connectivity index (χ0v) is 15.2. The van der Waals surface area contributed by atoms with Crippen molar-refractivity contribution in [2.45, 2.75) is 26.4 Å². The lowest BCUT2D eigenvalue weighted by Crippen LogP contribution is -2.35. The van der Waals surface area contributed by atoms with Gasteiger partial charge in [-0.2, -0.15) is 0 Å². The molecule has 2 N–H and O–H groups in total. The summed E-state index contributed by atoms with van der Waals surface area (Å²) in [6.45, 7) is 4.57. The quantitative estimate of drug-likeness (QED) is 0.863. The van der Waals surface area contributed by atoms with Crippen LogP contribution in [0.5, 0.6) is 0 Å². The first-order valence-corrected chi connectivity index (χ1v) is 9.20. The van der Waals surface area contributed by atoms with Crippen LogP contribution in [-0.4, -0.2) is 30.0 Å². The summed E-state index contributed by atoms with van der Waals surface area (Å²) >= 11 is 1.45. The first kappa shape index (κ1) is 17.6. The first-order chi connectivity index (χ1) is 12.0. The molecule has 132 valence electrons. The predicted octanol–water partition coefficient (Wildman–Crippen LogP) is 2.57. The Bertz CT molecular complexity index is 773. The Morgan fingerprint density at radius 1 is 1.36 bits per heavy atom. The van der Waals surface area contributed by atoms with E-state index in [0.717, 1.165) is 16.1 Å². The lowest BCUT2D eigenvalue weighted by molar-refractivity contribution is -0.126. The number of aliphatic hydroxyl groups is 1. The van der Waals surface area contributed by atoms with E-state index >= 15 is 0 Å². The van der Waals surface area contributed by atoms with Gasteiger partial charge in [0.05, 0.1) is 5.92 Å². The van der Waals surface area contributed by atoms with Crippen LogP contribution in [0.15, 0.2) is 35.7 Å². The van der Waals surface area contributed by atoms with E-state index in [4.69, 9.17) is 0 Å². The third kappa shape index (κ3) is 3.91. The summed E-state index contributed by atoms with van der Waals surface area (Å²) in [4.78, 5) is 27.2. The standard InChI is InChI=1S/C19H22N2O3S/c1-12-5-6-15(8-13(12)2)21-11-14(9-18(21)23)19(24)20-10-16(22)17-4-3-7-25-17/h3-8,14,16,22H,9-11H2,1-2H3,(H,20,24)/t14-,16-/m1/s1. The van der Waals surface area contributed by atoms with Crippen molar-refractivity contribution in [3.63, 3.8) is 0 Å². The molecule has 5 nitrogen and oxygen atoms in total. The molecule has 0 aliphatic carbocycles. The largest absolute Gasteiger partial charge is 0.386 e. The van der Waals surface area contributed by atoms with E-state index in [9.17, 15) is 14.7 Å². The third-order valence-corrected chi connectivity index (χ3v) is 5.61. The van der Waals surface area contributed by atoms with Crippen LogP contribution >= 0.6 is 11.3 Å². The maximum Gasteiger partial charge on any atom is 0.227 e. The van der Waals surface area contributed by atoms with E-state index < -0.39 is 6.10 Å². The van der Waals surface area contributed by atoms with Crippen molar-refractivity contribution in [3.05, 3.63) is 51.7 Å². The van der Waals surface area contributed by atoms with Gasteiger partial charge >= 0.3 is 0 Å². The van der Waals surface area contributed by atoms with Crippen LogP contribution in [0.3, 0.4) is 0 Å². The van der Waals surface area contributed by atoms with E-state index in [1.54, 1.807) is 4.90 Å². The van der Waals surface area contributed by atoms with Gasteiger partial charge in [0.2, 0.25) is 11.8 Å². The van der Waals surface area contributed by atoms with Crippen LogP contribution in [-0.2, 0) is 9.59 Å². The van der Waals surface area contributed by atoms with E-state index in [1.807, 2.05) is 49.6 Å². The van der Waals surface area contributed by atoms with Crippen molar-refractivity contribution >= 4 is 28.8 Å². The number of nitrogens with one attached hydrogen (secondary N) is 1. The van der Waals surface area contributed by atoms with E-state index in [2.05, 4.69) is 5.32 Å². The van der Waals surface area contributed by atoms with E-state index in [1.165, 1.54) is 16.9 Å². The Morgan fingerprint density at radius 2 is 2.16 bits per heavy atom. The van der Waals surface area contributed by atoms with E-state index in [0.29, 0.717) is 6.54 Å². The number of hydrogen-bond acceptors (Lipinski definition) is 4. The number of thiophene rings is 1. The van der Waals surface area contributed by atoms with Crippen molar-refractivity contribution in [2.75, 3.05) is 18.0 Å². The molecule has 0 bridgehead atoms. The molecule has 2 atom stereocenters. The molecule has 2 aromatic rings. The minimum absolute atomic E-state index is 0.0396. The fraction of sp³-hybridized carbons (Fsp3) is 0.368. The number of nitrogens with zero attached hydrogens (tertiary/aromatic N) is 1. The van der Waals surface area contributed by atoms with Gasteiger partial charge in [-0.05, 0) is 48.6 Å². The molecule has 0 radical (unpaired) electrons. The first-order valence-electron chi connectivity index (χ1n) is 8.32. The summed E-state index contributed by atoms with van der Waals surface area (Å²) in [5, 5.41) is 14.7. The van der Waals surface area contributed by atoms with Crippen molar-refractivity contribution in [1.29, 1.82) is 0 Å². The maximum atomic E-state index is 12.4. The second-order valence-electron chi connectivity index (χ2n) is 6.45. The molecular formula is C19H22N2O3S. The molecule has 1 fully saturated rings. The smallest absolute Gasteiger partial charge is 0.227 e. The fourth-order valence-corrected chi connectivity index (χ4v) is 3.66. The minimum atomic E-state index is -0.711. The number of anilines is 1. The third-order valence-electron chi connectivity index (χ3n) is 4.64. The van der Waals surface area contributed by atoms with Gasteiger partial charge in [-0.25, -0.2) is 0 Å². The number of rotatable bonds is 5. The molecule has 2 heterocycles. The highest BCUT2D eigenvalue weighted by Crippen LogP contribution is 2.27. The normalized spacial score (nSPS) is 18.4. The van der Waals surface area contributed by atoms with Crippen molar-refractivity contribution in [2.24, 2.45) is 5.92 Å². The summed E-state index contributed by atoms with van der Waals surface area (Å²) < 4.78 is 0. The van der Waals surface area contributed by atoms with Gasteiger partial charge in [0, 0.05) is 30.1 Å². The molecule has 1 aromatic heterocycles. The Morgan fingerprint density at radius 3 is 2.84 bits per heavy atom. The second kappa shape index (κ2) is 7.37. The number of carbonyl (C=O) groups is 2. The number of carbonyl (C=O) groups excluding carboxylic acids is 2. The molecule has 0 spiro atoms. The Kier molecular flexibility index (Phi) is 5.20. The zero-order valence-electron chi connectivity index (χ0n) is 14.4. The summed E-state index contributed by atoms with van der Waals surface area (Å²) in [5.41, 5.74) is 3.13. The highest BCUT2D eigenvalue weighted by atomic mass is 32.1. The Labute approximate surface area is 151 Å². The summed E-state index contributed by atoms with van der Waals surface area (Å²) in [5.74, 6) is -0.609. The lowest BCUT2D eigenvalue weighted by atomic mass is 10.1. The SMILES string of the molecule is Cc1ccc(N2C[C@H](C(=O)NC[C@@H](O)c3cccs3)CC2=O)cc1C. The van der Waals surface area contributed by atoms with Gasteiger partial charge in [0.15, 0.2) is 0 Å². The van der Waals surface area contributed by atoms with Crippen LogP contribution in [0.25, 0.3) is 0 Å². The minimum Gasteiger partial charge on any atom is -0.386 e. The number of aryl methyl sites for hydroxylation is 2. The monoisotopic (exact) mass is 358 g/mol.